The first-order valence-electron chi connectivity index (χ1n) is 4.82. The molecule has 0 spiro atoms. The fourth-order valence-electron chi connectivity index (χ4n) is 2.04. The molecule has 0 heterocycles. The molecule has 1 aliphatic carbocycles. The van der Waals surface area contributed by atoms with Gasteiger partial charge >= 0.3 is 5.97 Å². The van der Waals surface area contributed by atoms with Crippen LogP contribution >= 0.6 is 0 Å². The van der Waals surface area contributed by atoms with Crippen LogP contribution in [0.1, 0.15) is 39.0 Å². The lowest BCUT2D eigenvalue weighted by molar-refractivity contribution is -0.145. The summed E-state index contributed by atoms with van der Waals surface area (Å²) in [7, 11) is 1.47. The van der Waals surface area contributed by atoms with Crippen molar-refractivity contribution in [3.63, 3.8) is 0 Å². The van der Waals surface area contributed by atoms with Crippen molar-refractivity contribution in [1.29, 1.82) is 0 Å². The average molecular weight is 170 g/mol. The van der Waals surface area contributed by atoms with Gasteiger partial charge in [0.1, 0.15) is 0 Å². The molecule has 0 aliphatic heterocycles. The number of esters is 1. The predicted molar refractivity (Wildman–Crippen MR) is 47.8 cm³/mol. The molecule has 1 fully saturated rings. The number of ether oxygens (including phenoxy) is 1. The maximum Gasteiger partial charge on any atom is 0.308 e. The third-order valence-electron chi connectivity index (χ3n) is 2.77. The Morgan fingerprint density at radius 1 is 1.50 bits per heavy atom. The molecule has 2 heteroatoms. The highest BCUT2D eigenvalue weighted by Gasteiger charge is 2.21. The van der Waals surface area contributed by atoms with Gasteiger partial charge in [0.15, 0.2) is 0 Å². The Bertz CT molecular complexity index is 148. The third-order valence-corrected chi connectivity index (χ3v) is 2.77. The Kier molecular flexibility index (Phi) is 3.57. The van der Waals surface area contributed by atoms with Gasteiger partial charge in [-0.3, -0.25) is 4.79 Å². The monoisotopic (exact) mass is 170 g/mol. The molecule has 0 aromatic rings. The summed E-state index contributed by atoms with van der Waals surface area (Å²) in [5.41, 5.74) is 0. The summed E-state index contributed by atoms with van der Waals surface area (Å²) in [6.07, 6.45) is 6.33. The Labute approximate surface area is 74.3 Å². The van der Waals surface area contributed by atoms with Crippen LogP contribution in [0.2, 0.25) is 0 Å². The van der Waals surface area contributed by atoms with Crippen LogP contribution in [0.15, 0.2) is 0 Å². The molecular weight excluding hydrogens is 152 g/mol. The van der Waals surface area contributed by atoms with Gasteiger partial charge in [0.2, 0.25) is 0 Å². The summed E-state index contributed by atoms with van der Waals surface area (Å²) >= 11 is 0. The normalized spacial score (nSPS) is 20.8. The zero-order valence-electron chi connectivity index (χ0n) is 8.01. The highest BCUT2D eigenvalue weighted by molar-refractivity contribution is 5.71. The zero-order valence-corrected chi connectivity index (χ0v) is 8.01. The zero-order chi connectivity index (χ0) is 8.97. The first-order chi connectivity index (χ1) is 5.74. The highest BCUT2D eigenvalue weighted by atomic mass is 16.5. The van der Waals surface area contributed by atoms with Crippen LogP contribution in [-0.2, 0) is 9.53 Å². The van der Waals surface area contributed by atoms with E-state index in [9.17, 15) is 4.79 Å². The van der Waals surface area contributed by atoms with Gasteiger partial charge in [-0.25, -0.2) is 0 Å². The third kappa shape index (κ3) is 2.50. The second kappa shape index (κ2) is 4.48. The largest absolute Gasteiger partial charge is 0.469 e. The molecule has 0 saturated heterocycles. The minimum absolute atomic E-state index is 0.0538. The van der Waals surface area contributed by atoms with Crippen LogP contribution in [0.5, 0.6) is 0 Å². The smallest absolute Gasteiger partial charge is 0.308 e. The van der Waals surface area contributed by atoms with E-state index in [1.54, 1.807) is 0 Å². The van der Waals surface area contributed by atoms with Crippen molar-refractivity contribution in [3.05, 3.63) is 0 Å². The lowest BCUT2D eigenvalue weighted by atomic mass is 9.95. The Morgan fingerprint density at radius 2 is 2.08 bits per heavy atom. The van der Waals surface area contributed by atoms with Gasteiger partial charge in [0, 0.05) is 0 Å². The maximum absolute atomic E-state index is 11.1. The van der Waals surface area contributed by atoms with Gasteiger partial charge in [-0.15, -0.1) is 0 Å². The van der Waals surface area contributed by atoms with Gasteiger partial charge in [0.25, 0.3) is 0 Å². The van der Waals surface area contributed by atoms with Crippen molar-refractivity contribution in [2.45, 2.75) is 39.0 Å². The van der Waals surface area contributed by atoms with E-state index in [0.29, 0.717) is 0 Å². The van der Waals surface area contributed by atoms with Crippen LogP contribution in [0.3, 0.4) is 0 Å². The van der Waals surface area contributed by atoms with E-state index < -0.39 is 0 Å². The molecule has 1 atom stereocenters. The molecule has 0 bridgehead atoms. The van der Waals surface area contributed by atoms with Crippen LogP contribution in [0.4, 0.5) is 0 Å². The highest BCUT2D eigenvalue weighted by Crippen LogP contribution is 2.30. The number of hydrogen-bond donors (Lipinski definition) is 0. The molecule has 0 aromatic heterocycles. The number of methoxy groups -OCH3 is 1. The van der Waals surface area contributed by atoms with Gasteiger partial charge in [0.05, 0.1) is 13.0 Å². The first-order valence-corrected chi connectivity index (χ1v) is 4.82. The number of hydrogen-bond acceptors (Lipinski definition) is 2. The summed E-state index contributed by atoms with van der Waals surface area (Å²) in [5.74, 6) is 0.819. The maximum atomic E-state index is 11.1. The Morgan fingerprint density at radius 3 is 2.58 bits per heavy atom. The molecule has 0 unspecified atom stereocenters. The second-order valence-electron chi connectivity index (χ2n) is 3.81. The first kappa shape index (κ1) is 9.56. The van der Waals surface area contributed by atoms with Crippen LogP contribution in [0.25, 0.3) is 0 Å². The lowest BCUT2D eigenvalue weighted by Gasteiger charge is -2.13. The summed E-state index contributed by atoms with van der Waals surface area (Å²) < 4.78 is 4.68. The average Bonchev–Trinajstić information content (AvgIpc) is 2.55. The number of carbonyl (C=O) groups is 1. The molecule has 1 saturated carbocycles. The second-order valence-corrected chi connectivity index (χ2v) is 3.81. The van der Waals surface area contributed by atoms with Crippen molar-refractivity contribution >= 4 is 5.97 Å². The van der Waals surface area contributed by atoms with E-state index >= 15 is 0 Å². The molecule has 1 rings (SSSR count). The van der Waals surface area contributed by atoms with E-state index in [-0.39, 0.29) is 11.9 Å². The van der Waals surface area contributed by atoms with E-state index in [2.05, 4.69) is 4.74 Å². The summed E-state index contributed by atoms with van der Waals surface area (Å²) in [5, 5.41) is 0. The molecule has 0 aromatic carbocycles. The topological polar surface area (TPSA) is 26.3 Å². The van der Waals surface area contributed by atoms with Crippen molar-refractivity contribution in [2.75, 3.05) is 7.11 Å². The molecule has 0 N–H and O–H groups in total. The summed E-state index contributed by atoms with van der Waals surface area (Å²) in [6, 6.07) is 0. The minimum Gasteiger partial charge on any atom is -0.469 e. The van der Waals surface area contributed by atoms with Crippen molar-refractivity contribution < 1.29 is 9.53 Å². The van der Waals surface area contributed by atoms with E-state index in [0.717, 1.165) is 12.3 Å². The summed E-state index contributed by atoms with van der Waals surface area (Å²) in [6.45, 7) is 1.96. The van der Waals surface area contributed by atoms with Crippen LogP contribution in [-0.4, -0.2) is 13.1 Å². The van der Waals surface area contributed by atoms with Crippen molar-refractivity contribution in [2.24, 2.45) is 11.8 Å². The molecule has 0 radical (unpaired) electrons. The molecule has 0 amide bonds. The molecule has 2 nitrogen and oxygen atoms in total. The van der Waals surface area contributed by atoms with E-state index in [1.807, 2.05) is 6.92 Å². The molecule has 1 aliphatic rings. The quantitative estimate of drug-likeness (QED) is 0.608. The van der Waals surface area contributed by atoms with Gasteiger partial charge < -0.3 is 4.74 Å². The van der Waals surface area contributed by atoms with Gasteiger partial charge in [-0.05, 0) is 12.3 Å². The van der Waals surface area contributed by atoms with Gasteiger partial charge in [-0.2, -0.15) is 0 Å². The van der Waals surface area contributed by atoms with Crippen molar-refractivity contribution in [1.82, 2.24) is 0 Å². The number of rotatable bonds is 3. The minimum atomic E-state index is -0.0538. The van der Waals surface area contributed by atoms with Gasteiger partial charge in [-0.1, -0.05) is 32.6 Å². The van der Waals surface area contributed by atoms with Crippen molar-refractivity contribution in [3.8, 4) is 0 Å². The fraction of sp³-hybridized carbons (Fsp3) is 0.900. The van der Waals surface area contributed by atoms with Crippen LogP contribution < -0.4 is 0 Å². The Balaban J connectivity index is 2.24. The number of carbonyl (C=O) groups excluding carboxylic acids is 1. The molecular formula is C10H18O2. The standard InChI is InChI=1S/C10H18O2/c1-8(10(11)12-2)7-9-5-3-4-6-9/h8-9H,3-7H2,1-2H3/t8-/m1/s1. The Hall–Kier alpha value is -0.530. The lowest BCUT2D eigenvalue weighted by Crippen LogP contribution is -2.15. The SMILES string of the molecule is COC(=O)[C@H](C)CC1CCCC1. The molecule has 12 heavy (non-hydrogen) atoms. The van der Waals surface area contributed by atoms with E-state index in [4.69, 9.17) is 0 Å². The molecule has 70 valence electrons. The predicted octanol–water partition coefficient (Wildman–Crippen LogP) is 2.38. The fourth-order valence-corrected chi connectivity index (χ4v) is 2.04. The van der Waals surface area contributed by atoms with E-state index in [1.165, 1.54) is 32.8 Å². The summed E-state index contributed by atoms with van der Waals surface area (Å²) in [4.78, 5) is 11.1. The van der Waals surface area contributed by atoms with Crippen LogP contribution in [0, 0.1) is 11.8 Å².